The molecule has 0 atom stereocenters. The third-order valence-electron chi connectivity index (χ3n) is 4.29. The lowest BCUT2D eigenvalue weighted by Gasteiger charge is -2.09. The van der Waals surface area contributed by atoms with Gasteiger partial charge in [-0.25, -0.2) is 4.68 Å². The molecule has 0 unspecified atom stereocenters. The number of benzene rings is 1. The van der Waals surface area contributed by atoms with Crippen molar-refractivity contribution in [3.8, 4) is 11.6 Å². The van der Waals surface area contributed by atoms with Crippen molar-refractivity contribution in [1.82, 2.24) is 29.5 Å². The molecule has 0 bridgehead atoms. The number of hydrogen-bond donors (Lipinski definition) is 2. The molecule has 0 aliphatic rings. The molecule has 0 aliphatic heterocycles. The highest BCUT2D eigenvalue weighted by Gasteiger charge is 2.15. The van der Waals surface area contributed by atoms with Crippen LogP contribution in [0.4, 0.5) is 5.82 Å². The molecule has 8 heteroatoms. The zero-order valence-corrected chi connectivity index (χ0v) is 14.1. The number of nitrogen functional groups attached to an aromatic ring is 1. The predicted molar refractivity (Wildman–Crippen MR) is 95.2 cm³/mol. The SMILES string of the molecule is Cc1cc(N)n(-c2nc3c(cnn3-c3cccc(C)c3C)c(=O)[nH]2)n1. The highest BCUT2D eigenvalue weighted by atomic mass is 16.1. The van der Waals surface area contributed by atoms with E-state index in [2.05, 4.69) is 20.2 Å². The number of nitrogens with zero attached hydrogens (tertiary/aromatic N) is 5. The number of nitrogens with two attached hydrogens (primary N) is 1. The molecule has 1 aromatic carbocycles. The number of nitrogens with one attached hydrogen (secondary N) is 1. The first kappa shape index (κ1) is 15.1. The molecule has 0 radical (unpaired) electrons. The third kappa shape index (κ3) is 2.30. The molecule has 4 aromatic rings. The Kier molecular flexibility index (Phi) is 3.21. The summed E-state index contributed by atoms with van der Waals surface area (Å²) in [6.07, 6.45) is 1.52. The third-order valence-corrected chi connectivity index (χ3v) is 4.29. The van der Waals surface area contributed by atoms with Crippen LogP contribution in [0.15, 0.2) is 35.3 Å². The molecule has 3 aromatic heterocycles. The van der Waals surface area contributed by atoms with Crippen LogP contribution < -0.4 is 11.3 Å². The Labute approximate surface area is 142 Å². The molecule has 25 heavy (non-hydrogen) atoms. The number of hydrogen-bond acceptors (Lipinski definition) is 5. The summed E-state index contributed by atoms with van der Waals surface area (Å²) < 4.78 is 3.08. The lowest BCUT2D eigenvalue weighted by atomic mass is 10.1. The van der Waals surface area contributed by atoms with Crippen LogP contribution in [-0.2, 0) is 0 Å². The molecule has 0 fully saturated rings. The molecule has 4 rings (SSSR count). The van der Waals surface area contributed by atoms with Crippen molar-refractivity contribution in [2.45, 2.75) is 20.8 Å². The predicted octanol–water partition coefficient (Wildman–Crippen LogP) is 1.80. The van der Waals surface area contributed by atoms with Crippen LogP contribution >= 0.6 is 0 Å². The molecule has 0 saturated heterocycles. The molecule has 0 aliphatic carbocycles. The molecule has 3 N–H and O–H groups in total. The lowest BCUT2D eigenvalue weighted by Crippen LogP contribution is -2.16. The zero-order chi connectivity index (χ0) is 17.7. The normalized spacial score (nSPS) is 11.3. The maximum Gasteiger partial charge on any atom is 0.263 e. The van der Waals surface area contributed by atoms with Crippen LogP contribution in [0.2, 0.25) is 0 Å². The average Bonchev–Trinajstić information content (AvgIpc) is 3.13. The summed E-state index contributed by atoms with van der Waals surface area (Å²) >= 11 is 0. The second kappa shape index (κ2) is 5.30. The summed E-state index contributed by atoms with van der Waals surface area (Å²) in [5.74, 6) is 0.660. The molecular formula is C17H17N7O. The van der Waals surface area contributed by atoms with Gasteiger partial charge in [0.15, 0.2) is 5.65 Å². The smallest absolute Gasteiger partial charge is 0.263 e. The summed E-state index contributed by atoms with van der Waals surface area (Å²) in [7, 11) is 0. The Balaban J connectivity index is 2.01. The fourth-order valence-corrected chi connectivity index (χ4v) is 2.84. The Bertz CT molecular complexity index is 1170. The zero-order valence-electron chi connectivity index (χ0n) is 14.1. The number of fused-ring (bicyclic) bond motifs is 1. The Morgan fingerprint density at radius 1 is 1.16 bits per heavy atom. The van der Waals surface area contributed by atoms with Gasteiger partial charge in [-0.1, -0.05) is 12.1 Å². The topological polar surface area (TPSA) is 107 Å². The second-order valence-electron chi connectivity index (χ2n) is 6.02. The van der Waals surface area contributed by atoms with Gasteiger partial charge in [0, 0.05) is 6.07 Å². The highest BCUT2D eigenvalue weighted by molar-refractivity contribution is 5.76. The summed E-state index contributed by atoms with van der Waals surface area (Å²) in [6, 6.07) is 7.65. The van der Waals surface area contributed by atoms with E-state index < -0.39 is 0 Å². The van der Waals surface area contributed by atoms with Gasteiger partial charge in [-0.05, 0) is 38.0 Å². The first-order valence-corrected chi connectivity index (χ1v) is 7.83. The van der Waals surface area contributed by atoms with E-state index in [0.717, 1.165) is 22.5 Å². The van der Waals surface area contributed by atoms with Crippen molar-refractivity contribution in [2.24, 2.45) is 0 Å². The summed E-state index contributed by atoms with van der Waals surface area (Å²) in [6.45, 7) is 5.87. The van der Waals surface area contributed by atoms with Crippen LogP contribution in [0.1, 0.15) is 16.8 Å². The number of aromatic nitrogens is 6. The molecule has 0 spiro atoms. The van der Waals surface area contributed by atoms with Gasteiger partial charge in [-0.15, -0.1) is 0 Å². The van der Waals surface area contributed by atoms with E-state index in [1.54, 1.807) is 10.7 Å². The van der Waals surface area contributed by atoms with Gasteiger partial charge in [-0.2, -0.15) is 19.9 Å². The van der Waals surface area contributed by atoms with Crippen molar-refractivity contribution < 1.29 is 0 Å². The van der Waals surface area contributed by atoms with Crippen molar-refractivity contribution in [1.29, 1.82) is 0 Å². The van der Waals surface area contributed by atoms with Gasteiger partial charge in [-0.3, -0.25) is 9.78 Å². The second-order valence-corrected chi connectivity index (χ2v) is 6.02. The summed E-state index contributed by atoms with van der Waals surface area (Å²) in [5.41, 5.74) is 9.95. The Morgan fingerprint density at radius 2 is 1.96 bits per heavy atom. The van der Waals surface area contributed by atoms with Gasteiger partial charge >= 0.3 is 0 Å². The maximum absolute atomic E-state index is 12.5. The monoisotopic (exact) mass is 335 g/mol. The molecule has 3 heterocycles. The average molecular weight is 335 g/mol. The van der Waals surface area contributed by atoms with Crippen LogP contribution in [0.5, 0.6) is 0 Å². The van der Waals surface area contributed by atoms with E-state index in [1.165, 1.54) is 10.9 Å². The van der Waals surface area contributed by atoms with Crippen LogP contribution in [0, 0.1) is 20.8 Å². The van der Waals surface area contributed by atoms with Crippen molar-refractivity contribution >= 4 is 16.9 Å². The molecule has 0 saturated carbocycles. The van der Waals surface area contributed by atoms with E-state index >= 15 is 0 Å². The van der Waals surface area contributed by atoms with Gasteiger partial charge < -0.3 is 5.73 Å². The number of anilines is 1. The fraction of sp³-hybridized carbons (Fsp3) is 0.176. The Hall–Kier alpha value is -3.42. The number of rotatable bonds is 2. The van der Waals surface area contributed by atoms with Crippen molar-refractivity contribution in [3.05, 3.63) is 57.6 Å². The first-order chi connectivity index (χ1) is 12.0. The summed E-state index contributed by atoms with van der Waals surface area (Å²) in [5, 5.41) is 9.05. The number of aromatic amines is 1. The number of H-pyrrole nitrogens is 1. The van der Waals surface area contributed by atoms with Crippen LogP contribution in [0.3, 0.4) is 0 Å². The van der Waals surface area contributed by atoms with Gasteiger partial charge in [0.1, 0.15) is 11.2 Å². The van der Waals surface area contributed by atoms with Gasteiger partial charge in [0.25, 0.3) is 5.56 Å². The van der Waals surface area contributed by atoms with Crippen molar-refractivity contribution in [3.63, 3.8) is 0 Å². The van der Waals surface area contributed by atoms with E-state index in [0.29, 0.717) is 16.9 Å². The molecule has 126 valence electrons. The van der Waals surface area contributed by atoms with Gasteiger partial charge in [0.05, 0.1) is 17.6 Å². The first-order valence-electron chi connectivity index (χ1n) is 7.83. The molecule has 0 amide bonds. The molecule has 8 nitrogen and oxygen atoms in total. The van der Waals surface area contributed by atoms with E-state index in [1.807, 2.05) is 39.0 Å². The minimum atomic E-state index is -0.288. The largest absolute Gasteiger partial charge is 0.383 e. The lowest BCUT2D eigenvalue weighted by molar-refractivity contribution is 0.798. The quantitative estimate of drug-likeness (QED) is 0.581. The summed E-state index contributed by atoms with van der Waals surface area (Å²) in [4.78, 5) is 19.7. The minimum absolute atomic E-state index is 0.259. The Morgan fingerprint density at radius 3 is 2.68 bits per heavy atom. The van der Waals surface area contributed by atoms with E-state index in [4.69, 9.17) is 5.73 Å². The molecular weight excluding hydrogens is 318 g/mol. The van der Waals surface area contributed by atoms with Gasteiger partial charge in [0.2, 0.25) is 5.95 Å². The minimum Gasteiger partial charge on any atom is -0.383 e. The highest BCUT2D eigenvalue weighted by Crippen LogP contribution is 2.21. The fourth-order valence-electron chi connectivity index (χ4n) is 2.84. The van der Waals surface area contributed by atoms with E-state index in [9.17, 15) is 4.79 Å². The maximum atomic E-state index is 12.5. The standard InChI is InChI=1S/C17H17N7O/c1-9-5-4-6-13(11(9)3)23-15-12(8-19-23)16(25)21-17(20-15)24-14(18)7-10(2)22-24/h4-8H,18H2,1-3H3,(H,20,21,25). The van der Waals surface area contributed by atoms with Crippen LogP contribution in [0.25, 0.3) is 22.7 Å². The number of aryl methyl sites for hydroxylation is 2. The van der Waals surface area contributed by atoms with Crippen molar-refractivity contribution in [2.75, 3.05) is 5.73 Å². The van der Waals surface area contributed by atoms with E-state index in [-0.39, 0.29) is 11.5 Å². The van der Waals surface area contributed by atoms with Crippen LogP contribution in [-0.4, -0.2) is 29.5 Å².